The van der Waals surface area contributed by atoms with Crippen molar-refractivity contribution in [1.29, 1.82) is 0 Å². The summed E-state index contributed by atoms with van der Waals surface area (Å²) in [6.07, 6.45) is 1.78. The summed E-state index contributed by atoms with van der Waals surface area (Å²) < 4.78 is 7.25. The van der Waals surface area contributed by atoms with E-state index in [1.807, 2.05) is 55.5 Å². The summed E-state index contributed by atoms with van der Waals surface area (Å²) in [6.45, 7) is 4.29. The van der Waals surface area contributed by atoms with Gasteiger partial charge < -0.3 is 14.5 Å². The number of anilines is 1. The Bertz CT molecular complexity index is 1280. The molecule has 2 heterocycles. The van der Waals surface area contributed by atoms with Gasteiger partial charge in [0.1, 0.15) is 11.4 Å². The van der Waals surface area contributed by atoms with Crippen molar-refractivity contribution in [2.45, 2.75) is 13.8 Å². The van der Waals surface area contributed by atoms with E-state index in [0.29, 0.717) is 34.1 Å². The van der Waals surface area contributed by atoms with Crippen LogP contribution in [0.2, 0.25) is 5.02 Å². The number of aromatic nitrogens is 1. The van der Waals surface area contributed by atoms with Crippen molar-refractivity contribution in [2.24, 2.45) is 0 Å². The van der Waals surface area contributed by atoms with E-state index in [1.165, 1.54) is 0 Å². The second-order valence-corrected chi connectivity index (χ2v) is 7.46. The molecule has 31 heavy (non-hydrogen) atoms. The number of nitrogens with one attached hydrogen (secondary N) is 1. The molecule has 1 amide bonds. The second kappa shape index (κ2) is 8.66. The molecule has 2 aromatic carbocycles. The molecular weight excluding hydrogens is 412 g/mol. The van der Waals surface area contributed by atoms with Crippen molar-refractivity contribution < 1.29 is 14.3 Å². The average Bonchev–Trinajstić information content (AvgIpc) is 3.16. The van der Waals surface area contributed by atoms with Gasteiger partial charge in [-0.25, -0.2) is 0 Å². The largest absolute Gasteiger partial charge is 0.494 e. The molecule has 2 aromatic heterocycles. The smallest absolute Gasteiger partial charge is 0.298 e. The van der Waals surface area contributed by atoms with Crippen LogP contribution in [0.5, 0.6) is 5.75 Å². The lowest BCUT2D eigenvalue weighted by Crippen LogP contribution is -2.25. The number of rotatable bonds is 6. The number of ketones is 1. The summed E-state index contributed by atoms with van der Waals surface area (Å²) in [6, 6.07) is 20.2. The van der Waals surface area contributed by atoms with Crippen LogP contribution in [0.3, 0.4) is 0 Å². The van der Waals surface area contributed by atoms with Crippen LogP contribution in [-0.2, 0) is 4.79 Å². The number of Topliss-reactive ketones (excluding diaryl/α,β-unsaturated/α-hetero) is 1. The molecule has 0 fully saturated rings. The Morgan fingerprint density at radius 3 is 2.55 bits per heavy atom. The first-order valence-corrected chi connectivity index (χ1v) is 10.3. The lowest BCUT2D eigenvalue weighted by molar-refractivity contribution is -0.112. The molecule has 0 unspecified atom stereocenters. The number of nitrogens with zero attached hydrogens (tertiary/aromatic N) is 1. The van der Waals surface area contributed by atoms with Crippen molar-refractivity contribution in [1.82, 2.24) is 4.40 Å². The van der Waals surface area contributed by atoms with Gasteiger partial charge in [0.25, 0.3) is 11.7 Å². The van der Waals surface area contributed by atoms with Crippen molar-refractivity contribution >= 4 is 34.5 Å². The third-order valence-corrected chi connectivity index (χ3v) is 5.50. The Morgan fingerprint density at radius 1 is 1.03 bits per heavy atom. The molecule has 5 nitrogen and oxygen atoms in total. The van der Waals surface area contributed by atoms with Gasteiger partial charge in [0.2, 0.25) is 0 Å². The average molecular weight is 433 g/mol. The van der Waals surface area contributed by atoms with E-state index in [0.717, 1.165) is 16.8 Å². The van der Waals surface area contributed by atoms with Crippen LogP contribution in [0.15, 0.2) is 72.9 Å². The fraction of sp³-hybridized carbons (Fsp3) is 0.120. The molecular formula is C25H21ClN2O3. The Kier molecular flexibility index (Phi) is 5.78. The SMILES string of the molecule is CCOc1ccc(-c2cc3ccccn3c2C(=O)C(=O)Nc2cccc(Cl)c2C)cc1. The van der Waals surface area contributed by atoms with Gasteiger partial charge >= 0.3 is 0 Å². The van der Waals surface area contributed by atoms with Crippen LogP contribution in [-0.4, -0.2) is 22.7 Å². The fourth-order valence-electron chi connectivity index (χ4n) is 3.50. The number of hydrogen-bond acceptors (Lipinski definition) is 3. The zero-order chi connectivity index (χ0) is 22.0. The molecule has 4 rings (SSSR count). The topological polar surface area (TPSA) is 59.8 Å². The minimum absolute atomic E-state index is 0.303. The van der Waals surface area contributed by atoms with Gasteiger partial charge in [-0.15, -0.1) is 0 Å². The maximum Gasteiger partial charge on any atom is 0.298 e. The summed E-state index contributed by atoms with van der Waals surface area (Å²) in [5.41, 5.74) is 3.84. The first-order chi connectivity index (χ1) is 15.0. The van der Waals surface area contributed by atoms with Gasteiger partial charge in [-0.2, -0.15) is 0 Å². The molecule has 0 saturated heterocycles. The first-order valence-electron chi connectivity index (χ1n) is 9.93. The molecule has 0 aliphatic heterocycles. The van der Waals surface area contributed by atoms with Crippen molar-refractivity contribution in [3.8, 4) is 16.9 Å². The molecule has 4 aromatic rings. The van der Waals surface area contributed by atoms with E-state index >= 15 is 0 Å². The molecule has 1 N–H and O–H groups in total. The molecule has 0 aliphatic rings. The predicted molar refractivity (Wildman–Crippen MR) is 123 cm³/mol. The zero-order valence-corrected chi connectivity index (χ0v) is 17.9. The number of halogens is 1. The molecule has 0 atom stereocenters. The number of ether oxygens (including phenoxy) is 1. The molecule has 0 bridgehead atoms. The van der Waals surface area contributed by atoms with Crippen LogP contribution in [0.25, 0.3) is 16.6 Å². The summed E-state index contributed by atoms with van der Waals surface area (Å²) in [4.78, 5) is 26.2. The summed E-state index contributed by atoms with van der Waals surface area (Å²) in [5, 5.41) is 3.22. The predicted octanol–water partition coefficient (Wildman–Crippen LogP) is 5.79. The molecule has 0 aliphatic carbocycles. The van der Waals surface area contributed by atoms with Crippen molar-refractivity contribution in [3.63, 3.8) is 0 Å². The number of carbonyl (C=O) groups is 2. The highest BCUT2D eigenvalue weighted by molar-refractivity contribution is 6.47. The number of benzene rings is 2. The van der Waals surface area contributed by atoms with Crippen LogP contribution in [0.4, 0.5) is 5.69 Å². The van der Waals surface area contributed by atoms with Gasteiger partial charge in [-0.1, -0.05) is 35.9 Å². The normalized spacial score (nSPS) is 10.8. The molecule has 0 saturated carbocycles. The molecule has 156 valence electrons. The standard InChI is InChI=1S/C25H21ClN2O3/c1-3-31-19-12-10-17(11-13-19)20-15-18-7-4-5-14-28(18)23(20)24(29)25(30)27-22-9-6-8-21(26)16(22)2/h4-15H,3H2,1-2H3,(H,27,30). The van der Waals surface area contributed by atoms with Crippen LogP contribution < -0.4 is 10.1 Å². The number of amides is 1. The second-order valence-electron chi connectivity index (χ2n) is 7.06. The lowest BCUT2D eigenvalue weighted by Gasteiger charge is -2.10. The van der Waals surface area contributed by atoms with Crippen molar-refractivity contribution in [2.75, 3.05) is 11.9 Å². The number of hydrogen-bond donors (Lipinski definition) is 1. The third-order valence-electron chi connectivity index (χ3n) is 5.09. The van der Waals surface area contributed by atoms with Crippen molar-refractivity contribution in [3.05, 3.63) is 89.2 Å². The number of pyridine rings is 1. The van der Waals surface area contributed by atoms with E-state index in [9.17, 15) is 9.59 Å². The number of carbonyl (C=O) groups excluding carboxylic acids is 2. The Labute approximate surface area is 185 Å². The van der Waals surface area contributed by atoms with Gasteiger partial charge in [-0.05, 0) is 67.4 Å². The molecule has 0 radical (unpaired) electrons. The van der Waals surface area contributed by atoms with Crippen LogP contribution >= 0.6 is 11.6 Å². The van der Waals surface area contributed by atoms with E-state index < -0.39 is 11.7 Å². The highest BCUT2D eigenvalue weighted by Gasteiger charge is 2.25. The van der Waals surface area contributed by atoms with E-state index in [1.54, 1.807) is 35.7 Å². The van der Waals surface area contributed by atoms with Crippen LogP contribution in [0.1, 0.15) is 23.0 Å². The fourth-order valence-corrected chi connectivity index (χ4v) is 3.68. The van der Waals surface area contributed by atoms with Gasteiger partial charge in [-0.3, -0.25) is 9.59 Å². The Balaban J connectivity index is 1.75. The lowest BCUT2D eigenvalue weighted by atomic mass is 10.0. The minimum Gasteiger partial charge on any atom is -0.494 e. The highest BCUT2D eigenvalue weighted by atomic mass is 35.5. The maximum absolute atomic E-state index is 13.3. The van der Waals surface area contributed by atoms with Crippen LogP contribution in [0, 0.1) is 6.92 Å². The van der Waals surface area contributed by atoms with Gasteiger partial charge in [0.15, 0.2) is 0 Å². The minimum atomic E-state index is -0.721. The van der Waals surface area contributed by atoms with Gasteiger partial charge in [0, 0.05) is 28.0 Å². The number of fused-ring (bicyclic) bond motifs is 1. The van der Waals surface area contributed by atoms with Gasteiger partial charge in [0.05, 0.1) is 6.61 Å². The van der Waals surface area contributed by atoms with E-state index in [4.69, 9.17) is 16.3 Å². The summed E-state index contributed by atoms with van der Waals surface area (Å²) >= 11 is 6.14. The third kappa shape index (κ3) is 4.05. The Hall–Kier alpha value is -3.57. The summed E-state index contributed by atoms with van der Waals surface area (Å²) in [7, 11) is 0. The monoisotopic (exact) mass is 432 g/mol. The van der Waals surface area contributed by atoms with E-state index in [-0.39, 0.29) is 0 Å². The van der Waals surface area contributed by atoms with E-state index in [2.05, 4.69) is 5.32 Å². The quantitative estimate of drug-likeness (QED) is 0.310. The first kappa shape index (κ1) is 20.7. The zero-order valence-electron chi connectivity index (χ0n) is 17.2. The highest BCUT2D eigenvalue weighted by Crippen LogP contribution is 2.30. The molecule has 0 spiro atoms. The maximum atomic E-state index is 13.3. The summed E-state index contributed by atoms with van der Waals surface area (Å²) in [5.74, 6) is -0.604. The molecule has 6 heteroatoms. The Morgan fingerprint density at radius 2 is 1.81 bits per heavy atom.